The van der Waals surface area contributed by atoms with Crippen LogP contribution in [0, 0.1) is 23.9 Å². The zero-order chi connectivity index (χ0) is 23.1. The summed E-state index contributed by atoms with van der Waals surface area (Å²) in [5, 5.41) is 3.43. The third kappa shape index (κ3) is 4.98. The summed E-state index contributed by atoms with van der Waals surface area (Å²) >= 11 is 0. The Balaban J connectivity index is 0.00000306. The molecule has 0 radical (unpaired) electrons. The number of benzene rings is 1. The van der Waals surface area contributed by atoms with E-state index in [0.717, 1.165) is 10.7 Å². The molecule has 0 aliphatic rings. The molecule has 0 saturated heterocycles. The molecular weight excluding hydrogens is 626 g/mol. The van der Waals surface area contributed by atoms with Gasteiger partial charge in [0, 0.05) is 40.8 Å². The second-order valence-electron chi connectivity index (χ2n) is 7.24. The van der Waals surface area contributed by atoms with Crippen molar-refractivity contribution in [3.05, 3.63) is 83.7 Å². The minimum Gasteiger partial charge on any atom is -0.328 e. The number of halogens is 5. The average Bonchev–Trinajstić information content (AvgIpc) is 3.25. The number of hydrogen-bond acceptors (Lipinski definition) is 5. The topological polar surface area (TPSA) is 69.4 Å². The van der Waals surface area contributed by atoms with E-state index in [1.807, 2.05) is 0 Å². The fourth-order valence-electron chi connectivity index (χ4n) is 2.90. The van der Waals surface area contributed by atoms with Gasteiger partial charge in [0.25, 0.3) is 0 Å². The largest absolute Gasteiger partial charge is 2.00 e. The van der Waals surface area contributed by atoms with Gasteiger partial charge in [-0.15, -0.1) is 18.2 Å². The molecule has 0 aliphatic heterocycles. The van der Waals surface area contributed by atoms with Crippen LogP contribution < -0.4 is 0 Å². The average molecular weight is 639 g/mol. The molecule has 33 heavy (non-hydrogen) atoms. The zero-order valence-corrected chi connectivity index (χ0v) is 19.2. The maximum absolute atomic E-state index is 14.1. The second kappa shape index (κ2) is 9.05. The van der Waals surface area contributed by atoms with Gasteiger partial charge in [-0.1, -0.05) is 17.8 Å². The maximum atomic E-state index is 14.1. The van der Waals surface area contributed by atoms with Crippen LogP contribution in [0.4, 0.5) is 22.0 Å². The number of nitrogens with zero attached hydrogens (tertiary/aromatic N) is 6. The summed E-state index contributed by atoms with van der Waals surface area (Å²) in [4.78, 5) is 16.7. The van der Waals surface area contributed by atoms with Crippen LogP contribution in [-0.4, -0.2) is 29.7 Å². The fraction of sp³-hybridized carbons (Fsp3) is 0.190. The van der Waals surface area contributed by atoms with E-state index in [1.54, 1.807) is 26.0 Å². The first-order valence-electron chi connectivity index (χ1n) is 9.15. The summed E-state index contributed by atoms with van der Waals surface area (Å²) in [5.41, 5.74) is -1.26. The van der Waals surface area contributed by atoms with Crippen molar-refractivity contribution in [2.75, 3.05) is 0 Å². The predicted octanol–water partition coefficient (Wildman–Crippen LogP) is 4.34. The summed E-state index contributed by atoms with van der Waals surface area (Å²) in [6, 6.07) is 8.03. The van der Waals surface area contributed by atoms with Crippen LogP contribution in [-0.2, 0) is 32.7 Å². The van der Waals surface area contributed by atoms with Gasteiger partial charge < -0.3 is 4.68 Å². The summed E-state index contributed by atoms with van der Waals surface area (Å²) in [6.45, 7) is 3.54. The summed E-state index contributed by atoms with van der Waals surface area (Å²) < 4.78 is 66.7. The Morgan fingerprint density at radius 1 is 0.909 bits per heavy atom. The van der Waals surface area contributed by atoms with Crippen LogP contribution in [0.25, 0.3) is 17.3 Å². The number of aromatic nitrogens is 6. The fourth-order valence-corrected chi connectivity index (χ4v) is 2.90. The molecule has 0 spiro atoms. The van der Waals surface area contributed by atoms with Gasteiger partial charge in [-0.2, -0.15) is 13.2 Å². The first-order valence-corrected chi connectivity index (χ1v) is 9.15. The molecule has 0 atom stereocenters. The zero-order valence-electron chi connectivity index (χ0n) is 16.9. The van der Waals surface area contributed by atoms with Crippen molar-refractivity contribution < 1.29 is 43.0 Å². The van der Waals surface area contributed by atoms with E-state index in [-0.39, 0.29) is 38.4 Å². The Hall–Kier alpha value is -3.07. The van der Waals surface area contributed by atoms with E-state index >= 15 is 0 Å². The van der Waals surface area contributed by atoms with Crippen LogP contribution in [0.3, 0.4) is 0 Å². The minimum atomic E-state index is -4.62. The first-order chi connectivity index (χ1) is 15.1. The van der Waals surface area contributed by atoms with E-state index in [0.29, 0.717) is 23.5 Å². The Labute approximate surface area is 199 Å². The molecule has 0 saturated carbocycles. The Bertz CT molecular complexity index is 1290. The monoisotopic (exact) mass is 639 g/mol. The van der Waals surface area contributed by atoms with Crippen LogP contribution in [0.15, 0.2) is 42.7 Å². The van der Waals surface area contributed by atoms with Crippen molar-refractivity contribution in [3.8, 4) is 17.3 Å². The van der Waals surface area contributed by atoms with Crippen molar-refractivity contribution in [1.29, 1.82) is 0 Å². The molecule has 0 aliphatic carbocycles. The SMILES string of the molecule is CC(C)(c1ccnc(-c2[c-]cc(F)cc2F)n1)c1ccnc(-n2[c-]cc(C(F)(F)F)n2)n1.[Pt+2]. The third-order valence-electron chi connectivity index (χ3n) is 4.67. The summed E-state index contributed by atoms with van der Waals surface area (Å²) in [5.74, 6) is -1.75. The molecule has 0 amide bonds. The van der Waals surface area contributed by atoms with Gasteiger partial charge in [0.05, 0.1) is 11.5 Å². The van der Waals surface area contributed by atoms with Crippen molar-refractivity contribution >= 4 is 0 Å². The van der Waals surface area contributed by atoms with E-state index in [4.69, 9.17) is 0 Å². The molecule has 3 heterocycles. The number of hydrogen-bond donors (Lipinski definition) is 0. The molecule has 1 aromatic carbocycles. The molecule has 4 rings (SSSR count). The van der Waals surface area contributed by atoms with Gasteiger partial charge in [-0.25, -0.2) is 0 Å². The van der Waals surface area contributed by atoms with Crippen LogP contribution in [0.5, 0.6) is 0 Å². The Morgan fingerprint density at radius 2 is 1.58 bits per heavy atom. The molecule has 0 fully saturated rings. The van der Waals surface area contributed by atoms with E-state index in [1.165, 1.54) is 12.4 Å². The predicted molar refractivity (Wildman–Crippen MR) is 101 cm³/mol. The molecule has 3 aromatic heterocycles. The first kappa shape index (κ1) is 24.6. The van der Waals surface area contributed by atoms with Crippen LogP contribution >= 0.6 is 0 Å². The van der Waals surface area contributed by atoms with Gasteiger partial charge in [0.15, 0.2) is 0 Å². The quantitative estimate of drug-likeness (QED) is 0.246. The molecular formula is C21H13F5N6Pt. The molecule has 12 heteroatoms. The van der Waals surface area contributed by atoms with Gasteiger partial charge >= 0.3 is 27.2 Å². The van der Waals surface area contributed by atoms with E-state index < -0.39 is 28.9 Å². The van der Waals surface area contributed by atoms with Gasteiger partial charge in [-0.3, -0.25) is 33.8 Å². The van der Waals surface area contributed by atoms with Crippen molar-refractivity contribution in [2.24, 2.45) is 0 Å². The maximum Gasteiger partial charge on any atom is 2.00 e. The van der Waals surface area contributed by atoms with Gasteiger partial charge in [-0.05, 0) is 26.0 Å². The standard InChI is InChI=1S/C21H13F5N6.Pt/c1-20(2,15-5-8-27-18(29-15)13-4-3-12(22)11-14(13)23)16-6-9-28-19(30-16)32-10-7-17(31-32)21(24,25)26;/h3,5-9,11H,1-2H3;/q-2;+2. The minimum absolute atomic E-state index is 0. The molecule has 0 N–H and O–H groups in total. The number of alkyl halides is 3. The van der Waals surface area contributed by atoms with E-state index in [9.17, 15) is 22.0 Å². The summed E-state index contributed by atoms with van der Waals surface area (Å²) in [7, 11) is 0. The molecule has 172 valence electrons. The molecule has 6 nitrogen and oxygen atoms in total. The Morgan fingerprint density at radius 3 is 2.21 bits per heavy atom. The van der Waals surface area contributed by atoms with Gasteiger partial charge in [0.1, 0.15) is 5.95 Å². The van der Waals surface area contributed by atoms with Crippen LogP contribution in [0.2, 0.25) is 0 Å². The van der Waals surface area contributed by atoms with Crippen molar-refractivity contribution in [2.45, 2.75) is 25.4 Å². The number of rotatable bonds is 4. The Kier molecular flexibility index (Phi) is 6.74. The van der Waals surface area contributed by atoms with Gasteiger partial charge in [0.2, 0.25) is 0 Å². The normalized spacial score (nSPS) is 11.8. The van der Waals surface area contributed by atoms with Crippen LogP contribution in [0.1, 0.15) is 30.9 Å². The second-order valence-corrected chi connectivity index (χ2v) is 7.24. The van der Waals surface area contributed by atoms with Crippen molar-refractivity contribution in [1.82, 2.24) is 29.7 Å². The molecule has 0 unspecified atom stereocenters. The summed E-state index contributed by atoms with van der Waals surface area (Å²) in [6.07, 6.45) is 0.509. The smallest absolute Gasteiger partial charge is 0.328 e. The van der Waals surface area contributed by atoms with Crippen molar-refractivity contribution in [3.63, 3.8) is 0 Å². The van der Waals surface area contributed by atoms with E-state index in [2.05, 4.69) is 37.3 Å². The molecule has 4 aromatic rings. The third-order valence-corrected chi connectivity index (χ3v) is 4.67. The molecule has 0 bridgehead atoms.